The molecule has 4 aliphatic carbocycles. The average Bonchev–Trinajstić information content (AvgIpc) is 2.70. The molecule has 1 aromatic carbocycles. The van der Waals surface area contributed by atoms with Gasteiger partial charge in [-0.05, 0) is 98.8 Å². The van der Waals surface area contributed by atoms with Gasteiger partial charge in [0.25, 0.3) is 5.91 Å². The van der Waals surface area contributed by atoms with Gasteiger partial charge in [-0.2, -0.15) is 0 Å². The highest BCUT2D eigenvalue weighted by Crippen LogP contribution is 2.61. The van der Waals surface area contributed by atoms with Gasteiger partial charge in [-0.3, -0.25) is 4.79 Å². The van der Waals surface area contributed by atoms with Crippen molar-refractivity contribution in [2.75, 3.05) is 6.61 Å². The number of benzene rings is 1. The third-order valence-electron chi connectivity index (χ3n) is 7.84. The summed E-state index contributed by atoms with van der Waals surface area (Å²) >= 11 is 0. The minimum atomic E-state index is 0.0942. The Kier molecular flexibility index (Phi) is 6.51. The molecule has 1 N–H and O–H groups in total. The highest BCUT2D eigenvalue weighted by Gasteiger charge is 2.54. The van der Waals surface area contributed by atoms with Gasteiger partial charge < -0.3 is 10.1 Å². The summed E-state index contributed by atoms with van der Waals surface area (Å²) in [6.07, 6.45) is 14.1. The van der Waals surface area contributed by atoms with Crippen molar-refractivity contribution in [2.24, 2.45) is 23.2 Å². The third kappa shape index (κ3) is 4.64. The molecule has 5 rings (SSSR count). The van der Waals surface area contributed by atoms with E-state index in [4.69, 9.17) is 4.74 Å². The molecule has 0 unspecified atom stereocenters. The van der Waals surface area contributed by atoms with Crippen LogP contribution in [0.25, 0.3) is 0 Å². The zero-order chi connectivity index (χ0) is 20.3. The maximum Gasteiger partial charge on any atom is 0.251 e. The Morgan fingerprint density at radius 2 is 1.62 bits per heavy atom. The van der Waals surface area contributed by atoms with Crippen molar-refractivity contribution in [3.05, 3.63) is 29.8 Å². The Morgan fingerprint density at radius 1 is 1.00 bits per heavy atom. The van der Waals surface area contributed by atoms with Crippen LogP contribution in [0.3, 0.4) is 0 Å². The minimum Gasteiger partial charge on any atom is -0.494 e. The quantitative estimate of drug-likeness (QED) is 0.466. The van der Waals surface area contributed by atoms with E-state index in [2.05, 4.69) is 19.2 Å². The van der Waals surface area contributed by atoms with Gasteiger partial charge >= 0.3 is 0 Å². The Labute approximate surface area is 177 Å². The van der Waals surface area contributed by atoms with E-state index in [0.29, 0.717) is 11.5 Å². The van der Waals surface area contributed by atoms with Gasteiger partial charge in [0.05, 0.1) is 6.61 Å². The van der Waals surface area contributed by atoms with Crippen molar-refractivity contribution in [1.29, 1.82) is 0 Å². The van der Waals surface area contributed by atoms with Crippen LogP contribution in [0, 0.1) is 23.2 Å². The standard InChI is InChI=1S/C26H39NO2/c1-3-5-6-12-29-23-10-8-22(9-11-23)25(28)27-24(7-4-2)26-16-19-13-20(17-26)15-21(14-19)18-26/h8-11,19-21,24H,3-7,12-18H2,1-2H3,(H,27,28)/t19?,20?,21?,24-,26?/m1/s1. The minimum absolute atomic E-state index is 0.0942. The largest absolute Gasteiger partial charge is 0.494 e. The van der Waals surface area contributed by atoms with E-state index < -0.39 is 0 Å². The Morgan fingerprint density at radius 3 is 2.17 bits per heavy atom. The van der Waals surface area contributed by atoms with Crippen LogP contribution in [-0.4, -0.2) is 18.6 Å². The lowest BCUT2D eigenvalue weighted by Crippen LogP contribution is -2.56. The molecule has 3 nitrogen and oxygen atoms in total. The molecule has 0 saturated heterocycles. The number of carbonyl (C=O) groups is 1. The summed E-state index contributed by atoms with van der Waals surface area (Å²) in [6, 6.07) is 8.07. The number of rotatable bonds is 10. The molecule has 0 heterocycles. The maximum atomic E-state index is 13.1. The fraction of sp³-hybridized carbons (Fsp3) is 0.731. The summed E-state index contributed by atoms with van der Waals surface area (Å²) < 4.78 is 5.80. The number of nitrogens with one attached hydrogen (secondary N) is 1. The molecule has 1 aromatic rings. The first-order chi connectivity index (χ1) is 14.1. The molecule has 4 fully saturated rings. The van der Waals surface area contributed by atoms with Crippen molar-refractivity contribution in [2.45, 2.75) is 90.5 Å². The summed E-state index contributed by atoms with van der Waals surface area (Å²) in [5.41, 5.74) is 1.12. The second kappa shape index (κ2) is 9.10. The second-order valence-electron chi connectivity index (χ2n) is 10.2. The number of unbranched alkanes of at least 4 members (excludes halogenated alkanes) is 2. The van der Waals surface area contributed by atoms with Gasteiger partial charge in [-0.15, -0.1) is 0 Å². The van der Waals surface area contributed by atoms with Crippen molar-refractivity contribution in [3.63, 3.8) is 0 Å². The van der Waals surface area contributed by atoms with Gasteiger partial charge in [-0.25, -0.2) is 0 Å². The summed E-state index contributed by atoms with van der Waals surface area (Å²) in [5.74, 6) is 3.71. The lowest BCUT2D eigenvalue weighted by Gasteiger charge is -2.59. The molecule has 4 bridgehead atoms. The molecular weight excluding hydrogens is 358 g/mol. The molecule has 160 valence electrons. The SMILES string of the molecule is CCCCCOc1ccc(C(=O)N[C@H](CCC)C23CC4CC(CC(C4)C2)C3)cc1. The first-order valence-corrected chi connectivity index (χ1v) is 12.2. The van der Waals surface area contributed by atoms with Crippen molar-refractivity contribution in [1.82, 2.24) is 5.32 Å². The highest BCUT2D eigenvalue weighted by molar-refractivity contribution is 5.94. The molecular formula is C26H39NO2. The van der Waals surface area contributed by atoms with E-state index in [9.17, 15) is 4.79 Å². The molecule has 4 saturated carbocycles. The van der Waals surface area contributed by atoms with Crippen molar-refractivity contribution in [3.8, 4) is 5.75 Å². The zero-order valence-electron chi connectivity index (χ0n) is 18.4. The number of ether oxygens (including phenoxy) is 1. The number of carbonyl (C=O) groups excluding carboxylic acids is 1. The molecule has 29 heavy (non-hydrogen) atoms. The molecule has 4 aliphatic rings. The summed E-state index contributed by atoms with van der Waals surface area (Å²) in [7, 11) is 0. The molecule has 1 atom stereocenters. The van der Waals surface area contributed by atoms with Crippen LogP contribution in [-0.2, 0) is 0 Å². The van der Waals surface area contributed by atoms with Crippen LogP contribution in [0.4, 0.5) is 0 Å². The van der Waals surface area contributed by atoms with Crippen LogP contribution in [0.1, 0.15) is 94.8 Å². The van der Waals surface area contributed by atoms with Gasteiger partial charge in [0.2, 0.25) is 0 Å². The smallest absolute Gasteiger partial charge is 0.251 e. The monoisotopic (exact) mass is 397 g/mol. The van der Waals surface area contributed by atoms with E-state index in [1.54, 1.807) is 0 Å². The third-order valence-corrected chi connectivity index (χ3v) is 7.84. The summed E-state index contributed by atoms with van der Waals surface area (Å²) in [5, 5.41) is 3.49. The summed E-state index contributed by atoms with van der Waals surface area (Å²) in [4.78, 5) is 13.1. The normalized spacial score (nSPS) is 30.9. The Bertz CT molecular complexity index is 645. The average molecular weight is 398 g/mol. The van der Waals surface area contributed by atoms with E-state index in [1.807, 2.05) is 24.3 Å². The fourth-order valence-electron chi connectivity index (χ4n) is 6.91. The van der Waals surface area contributed by atoms with Crippen LogP contribution in [0.5, 0.6) is 5.75 Å². The summed E-state index contributed by atoms with van der Waals surface area (Å²) in [6.45, 7) is 5.21. The highest BCUT2D eigenvalue weighted by atomic mass is 16.5. The van der Waals surface area contributed by atoms with Crippen LogP contribution in [0.2, 0.25) is 0 Å². The number of hydrogen-bond donors (Lipinski definition) is 1. The van der Waals surface area contributed by atoms with E-state index in [-0.39, 0.29) is 5.91 Å². The predicted octanol–water partition coefficient (Wildman–Crippen LogP) is 6.37. The van der Waals surface area contributed by atoms with Crippen LogP contribution >= 0.6 is 0 Å². The first kappa shape index (κ1) is 20.8. The van der Waals surface area contributed by atoms with Crippen molar-refractivity contribution >= 4 is 5.91 Å². The van der Waals surface area contributed by atoms with Gasteiger partial charge in [-0.1, -0.05) is 33.1 Å². The van der Waals surface area contributed by atoms with Crippen molar-refractivity contribution < 1.29 is 9.53 Å². The van der Waals surface area contributed by atoms with E-state index >= 15 is 0 Å². The topological polar surface area (TPSA) is 38.3 Å². The predicted molar refractivity (Wildman–Crippen MR) is 118 cm³/mol. The number of amides is 1. The Hall–Kier alpha value is -1.51. The van der Waals surface area contributed by atoms with Gasteiger partial charge in [0.1, 0.15) is 5.75 Å². The second-order valence-corrected chi connectivity index (χ2v) is 10.2. The van der Waals surface area contributed by atoms with Crippen LogP contribution in [0.15, 0.2) is 24.3 Å². The lowest BCUT2D eigenvalue weighted by atomic mass is 9.47. The lowest BCUT2D eigenvalue weighted by molar-refractivity contribution is -0.0736. The first-order valence-electron chi connectivity index (χ1n) is 12.2. The molecule has 0 aliphatic heterocycles. The van der Waals surface area contributed by atoms with Gasteiger partial charge in [0, 0.05) is 11.6 Å². The molecule has 0 aromatic heterocycles. The van der Waals surface area contributed by atoms with E-state index in [0.717, 1.165) is 54.9 Å². The fourth-order valence-corrected chi connectivity index (χ4v) is 6.91. The molecule has 1 amide bonds. The maximum absolute atomic E-state index is 13.1. The molecule has 0 spiro atoms. The van der Waals surface area contributed by atoms with E-state index in [1.165, 1.54) is 51.4 Å². The molecule has 3 heteroatoms. The zero-order valence-corrected chi connectivity index (χ0v) is 18.4. The number of hydrogen-bond acceptors (Lipinski definition) is 2. The van der Waals surface area contributed by atoms with Gasteiger partial charge in [0.15, 0.2) is 0 Å². The Balaban J connectivity index is 1.39. The van der Waals surface area contributed by atoms with Crippen LogP contribution < -0.4 is 10.1 Å². The molecule has 0 radical (unpaired) electrons.